The van der Waals surface area contributed by atoms with Gasteiger partial charge in [-0.25, -0.2) is 0 Å². The Morgan fingerprint density at radius 2 is 2.08 bits per heavy atom. The first kappa shape index (κ1) is 10.1. The van der Waals surface area contributed by atoms with Crippen LogP contribution in [0.4, 0.5) is 0 Å². The fraction of sp³-hybridized carbons (Fsp3) is 0.833. The van der Waals surface area contributed by atoms with Crippen molar-refractivity contribution in [1.29, 1.82) is 0 Å². The minimum absolute atomic E-state index is 0.926. The van der Waals surface area contributed by atoms with Gasteiger partial charge in [-0.3, -0.25) is 0 Å². The third-order valence-electron chi connectivity index (χ3n) is 2.77. The molecule has 0 spiro atoms. The Hall–Kier alpha value is 0. The highest BCUT2D eigenvalue weighted by atomic mass is 14.2. The van der Waals surface area contributed by atoms with Crippen LogP contribution in [0.2, 0.25) is 0 Å². The predicted molar refractivity (Wildman–Crippen MR) is 54.7 cm³/mol. The Bertz CT molecular complexity index is 90.2. The molecule has 0 nitrogen and oxygen atoms in total. The second kappa shape index (κ2) is 6.51. The van der Waals surface area contributed by atoms with Crippen LogP contribution in [0.1, 0.15) is 58.3 Å². The zero-order chi connectivity index (χ0) is 8.65. The highest BCUT2D eigenvalue weighted by molar-refractivity contribution is 4.88. The van der Waals surface area contributed by atoms with Crippen LogP contribution in [-0.4, -0.2) is 0 Å². The van der Waals surface area contributed by atoms with E-state index >= 15 is 0 Å². The van der Waals surface area contributed by atoms with Gasteiger partial charge < -0.3 is 0 Å². The van der Waals surface area contributed by atoms with Crippen LogP contribution in [0.3, 0.4) is 0 Å². The molecule has 1 unspecified atom stereocenters. The van der Waals surface area contributed by atoms with E-state index in [2.05, 4.69) is 19.8 Å². The second-order valence-corrected chi connectivity index (χ2v) is 3.95. The van der Waals surface area contributed by atoms with E-state index in [-0.39, 0.29) is 0 Å². The van der Waals surface area contributed by atoms with E-state index < -0.39 is 0 Å². The number of unbranched alkanes of at least 4 members (excludes halogenated alkanes) is 3. The molecule has 1 fully saturated rings. The van der Waals surface area contributed by atoms with Crippen molar-refractivity contribution in [2.24, 2.45) is 5.92 Å². The van der Waals surface area contributed by atoms with Gasteiger partial charge in [-0.2, -0.15) is 0 Å². The maximum absolute atomic E-state index is 2.53. The van der Waals surface area contributed by atoms with Crippen molar-refractivity contribution >= 4 is 0 Å². The summed E-state index contributed by atoms with van der Waals surface area (Å²) < 4.78 is 0. The summed E-state index contributed by atoms with van der Waals surface area (Å²) in [4.78, 5) is 0. The summed E-state index contributed by atoms with van der Waals surface area (Å²) in [5, 5.41) is 0. The molecule has 70 valence electrons. The van der Waals surface area contributed by atoms with E-state index in [1.54, 1.807) is 0 Å². The minimum Gasteiger partial charge on any atom is -0.0654 e. The molecular weight excluding hydrogens is 144 g/mol. The quantitative estimate of drug-likeness (QED) is 0.538. The molecule has 1 aliphatic carbocycles. The van der Waals surface area contributed by atoms with Gasteiger partial charge in [0.15, 0.2) is 0 Å². The first-order chi connectivity index (χ1) is 5.93. The summed E-state index contributed by atoms with van der Waals surface area (Å²) in [5.41, 5.74) is 0. The summed E-state index contributed by atoms with van der Waals surface area (Å²) in [6, 6.07) is 0. The highest BCUT2D eigenvalue weighted by Gasteiger charge is 2.12. The van der Waals surface area contributed by atoms with Crippen LogP contribution in [0.5, 0.6) is 0 Å². The molecular formula is C12H22. The molecule has 1 rings (SSSR count). The topological polar surface area (TPSA) is 0 Å². The largest absolute Gasteiger partial charge is 0.0654 e. The number of hydrogen-bond donors (Lipinski definition) is 0. The van der Waals surface area contributed by atoms with Gasteiger partial charge in [-0.1, -0.05) is 39.0 Å². The summed E-state index contributed by atoms with van der Waals surface area (Å²) in [5.74, 6) is 0.926. The molecule has 0 heteroatoms. The Labute approximate surface area is 77.7 Å². The first-order valence-corrected chi connectivity index (χ1v) is 5.58. The third-order valence-corrected chi connectivity index (χ3v) is 2.77. The summed E-state index contributed by atoms with van der Waals surface area (Å²) >= 11 is 0. The molecule has 0 amide bonds. The molecule has 1 aliphatic rings. The molecule has 2 radical (unpaired) electrons. The molecule has 0 heterocycles. The van der Waals surface area contributed by atoms with Gasteiger partial charge in [0.2, 0.25) is 0 Å². The lowest BCUT2D eigenvalue weighted by Gasteiger charge is -2.20. The van der Waals surface area contributed by atoms with Gasteiger partial charge in [-0.05, 0) is 38.0 Å². The predicted octanol–water partition coefficient (Wildman–Crippen LogP) is 4.17. The Morgan fingerprint density at radius 3 is 2.75 bits per heavy atom. The fourth-order valence-electron chi connectivity index (χ4n) is 1.95. The number of rotatable bonds is 5. The summed E-state index contributed by atoms with van der Waals surface area (Å²) in [6.45, 7) is 2.28. The maximum atomic E-state index is 2.53. The normalized spacial score (nSPS) is 19.8. The van der Waals surface area contributed by atoms with Gasteiger partial charge in [0.1, 0.15) is 0 Å². The SMILES string of the molecule is CCCCCCC1[CH]CC[CH]C1. The fourth-order valence-corrected chi connectivity index (χ4v) is 1.95. The molecule has 0 aromatic heterocycles. The molecule has 0 N–H and O–H groups in total. The maximum Gasteiger partial charge on any atom is -0.0355 e. The monoisotopic (exact) mass is 166 g/mol. The zero-order valence-corrected chi connectivity index (χ0v) is 8.39. The lowest BCUT2D eigenvalue weighted by Crippen LogP contribution is -2.07. The summed E-state index contributed by atoms with van der Waals surface area (Å²) in [6.07, 6.45) is 16.1. The van der Waals surface area contributed by atoms with Crippen LogP contribution < -0.4 is 0 Å². The zero-order valence-electron chi connectivity index (χ0n) is 8.39. The average molecular weight is 166 g/mol. The lowest BCUT2D eigenvalue weighted by atomic mass is 9.85. The van der Waals surface area contributed by atoms with E-state index in [1.165, 1.54) is 51.4 Å². The molecule has 0 aliphatic heterocycles. The van der Waals surface area contributed by atoms with Gasteiger partial charge in [-0.15, -0.1) is 0 Å². The van der Waals surface area contributed by atoms with Gasteiger partial charge in [0, 0.05) is 0 Å². The van der Waals surface area contributed by atoms with E-state index in [9.17, 15) is 0 Å². The van der Waals surface area contributed by atoms with Crippen LogP contribution in [0, 0.1) is 18.8 Å². The standard InChI is InChI=1S/C12H22/c1-2-3-4-6-9-12-10-7-5-8-11-12/h7,11-12H,2-6,8-10H2,1H3. The van der Waals surface area contributed by atoms with E-state index in [1.807, 2.05) is 0 Å². The Morgan fingerprint density at radius 1 is 1.17 bits per heavy atom. The Balaban J connectivity index is 1.91. The van der Waals surface area contributed by atoms with Crippen molar-refractivity contribution < 1.29 is 0 Å². The van der Waals surface area contributed by atoms with Gasteiger partial charge in [0.25, 0.3) is 0 Å². The molecule has 1 atom stereocenters. The lowest BCUT2D eigenvalue weighted by molar-refractivity contribution is 0.454. The number of hydrogen-bond acceptors (Lipinski definition) is 0. The molecule has 1 saturated carbocycles. The third kappa shape index (κ3) is 4.13. The van der Waals surface area contributed by atoms with Crippen molar-refractivity contribution in [3.05, 3.63) is 12.8 Å². The molecule has 0 aromatic rings. The van der Waals surface area contributed by atoms with Gasteiger partial charge >= 0.3 is 0 Å². The minimum atomic E-state index is 0.926. The van der Waals surface area contributed by atoms with Crippen molar-refractivity contribution in [3.8, 4) is 0 Å². The van der Waals surface area contributed by atoms with E-state index in [0.717, 1.165) is 5.92 Å². The van der Waals surface area contributed by atoms with Crippen molar-refractivity contribution in [2.75, 3.05) is 0 Å². The molecule has 12 heavy (non-hydrogen) atoms. The van der Waals surface area contributed by atoms with Crippen LogP contribution in [0.15, 0.2) is 0 Å². The van der Waals surface area contributed by atoms with E-state index in [0.29, 0.717) is 0 Å². The second-order valence-electron chi connectivity index (χ2n) is 3.95. The van der Waals surface area contributed by atoms with Crippen molar-refractivity contribution in [2.45, 2.75) is 58.3 Å². The highest BCUT2D eigenvalue weighted by Crippen LogP contribution is 2.26. The molecule has 0 aromatic carbocycles. The first-order valence-electron chi connectivity index (χ1n) is 5.58. The molecule has 0 saturated heterocycles. The van der Waals surface area contributed by atoms with Crippen LogP contribution in [-0.2, 0) is 0 Å². The smallest absolute Gasteiger partial charge is 0.0355 e. The summed E-state index contributed by atoms with van der Waals surface area (Å²) in [7, 11) is 0. The van der Waals surface area contributed by atoms with Crippen LogP contribution >= 0.6 is 0 Å². The van der Waals surface area contributed by atoms with Crippen molar-refractivity contribution in [3.63, 3.8) is 0 Å². The molecule has 0 bridgehead atoms. The average Bonchev–Trinajstić information content (AvgIpc) is 2.14. The van der Waals surface area contributed by atoms with E-state index in [4.69, 9.17) is 0 Å². The van der Waals surface area contributed by atoms with Gasteiger partial charge in [0.05, 0.1) is 0 Å². The van der Waals surface area contributed by atoms with Crippen LogP contribution in [0.25, 0.3) is 0 Å². The van der Waals surface area contributed by atoms with Crippen molar-refractivity contribution in [1.82, 2.24) is 0 Å². The Kier molecular flexibility index (Phi) is 5.47.